The smallest absolute Gasteiger partial charge is 0.224 e. The second-order valence-corrected chi connectivity index (χ2v) is 6.42. The van der Waals surface area contributed by atoms with E-state index >= 15 is 0 Å². The topological polar surface area (TPSA) is 49.8 Å². The number of benzene rings is 2. The van der Waals surface area contributed by atoms with Crippen LogP contribution in [0.4, 0.5) is 17.5 Å². The van der Waals surface area contributed by atoms with E-state index in [4.69, 9.17) is 0 Å². The van der Waals surface area contributed by atoms with Gasteiger partial charge in [0.25, 0.3) is 0 Å². The first-order valence-electron chi connectivity index (χ1n) is 8.61. The Balaban J connectivity index is 1.76. The molecule has 0 saturated carbocycles. The average Bonchev–Trinajstić information content (AvgIpc) is 2.63. The van der Waals surface area contributed by atoms with Crippen molar-refractivity contribution in [3.05, 3.63) is 77.5 Å². The number of aryl methyl sites for hydroxylation is 1. The van der Waals surface area contributed by atoms with Crippen molar-refractivity contribution in [2.75, 3.05) is 10.6 Å². The molecule has 0 atom stereocenters. The van der Waals surface area contributed by atoms with Crippen molar-refractivity contribution < 1.29 is 0 Å². The van der Waals surface area contributed by atoms with Crippen LogP contribution < -0.4 is 10.6 Å². The third-order valence-electron chi connectivity index (χ3n) is 4.13. The Labute approximate surface area is 149 Å². The van der Waals surface area contributed by atoms with E-state index in [-0.39, 0.29) is 0 Å². The Kier molecular flexibility index (Phi) is 5.29. The summed E-state index contributed by atoms with van der Waals surface area (Å²) in [5, 5.41) is 6.75. The molecule has 3 rings (SSSR count). The summed E-state index contributed by atoms with van der Waals surface area (Å²) in [5.74, 6) is 1.86. The maximum atomic E-state index is 4.59. The Hall–Kier alpha value is -2.88. The van der Waals surface area contributed by atoms with E-state index < -0.39 is 0 Å². The van der Waals surface area contributed by atoms with Crippen LogP contribution in [-0.4, -0.2) is 9.97 Å². The minimum atomic E-state index is 0.444. The Morgan fingerprint density at radius 3 is 2.52 bits per heavy atom. The molecule has 0 spiro atoms. The van der Waals surface area contributed by atoms with Crippen molar-refractivity contribution in [3.8, 4) is 0 Å². The van der Waals surface area contributed by atoms with Crippen molar-refractivity contribution in [2.45, 2.75) is 33.2 Å². The van der Waals surface area contributed by atoms with Gasteiger partial charge in [-0.25, -0.2) is 4.98 Å². The van der Waals surface area contributed by atoms with Gasteiger partial charge in [-0.2, -0.15) is 4.98 Å². The standard InChI is InChI=1S/C21H24N4/c1-15(2)18-11-7-8-16(3)20(18)24-19-12-13-22-21(25-19)23-14-17-9-5-4-6-10-17/h4-13,15H,14H2,1-3H3,(H2,22,23,24,25). The Morgan fingerprint density at radius 2 is 1.76 bits per heavy atom. The number of para-hydroxylation sites is 1. The first-order chi connectivity index (χ1) is 12.1. The van der Waals surface area contributed by atoms with E-state index in [0.29, 0.717) is 18.4 Å². The molecule has 0 aliphatic carbocycles. The van der Waals surface area contributed by atoms with Crippen LogP contribution in [0.15, 0.2) is 60.8 Å². The number of aromatic nitrogens is 2. The van der Waals surface area contributed by atoms with E-state index in [1.54, 1.807) is 6.20 Å². The number of nitrogens with one attached hydrogen (secondary N) is 2. The highest BCUT2D eigenvalue weighted by atomic mass is 15.1. The lowest BCUT2D eigenvalue weighted by atomic mass is 9.98. The average molecular weight is 332 g/mol. The summed E-state index contributed by atoms with van der Waals surface area (Å²) in [6.45, 7) is 7.22. The van der Waals surface area contributed by atoms with Crippen LogP contribution in [0.3, 0.4) is 0 Å². The van der Waals surface area contributed by atoms with E-state index in [0.717, 1.165) is 11.5 Å². The van der Waals surface area contributed by atoms with E-state index in [1.807, 2.05) is 24.3 Å². The van der Waals surface area contributed by atoms with Gasteiger partial charge in [-0.3, -0.25) is 0 Å². The highest BCUT2D eigenvalue weighted by Crippen LogP contribution is 2.29. The molecule has 0 unspecified atom stereocenters. The van der Waals surface area contributed by atoms with Gasteiger partial charge in [0.05, 0.1) is 0 Å². The molecule has 2 aromatic carbocycles. The predicted molar refractivity (Wildman–Crippen MR) is 104 cm³/mol. The molecule has 0 aliphatic heterocycles. The zero-order valence-corrected chi connectivity index (χ0v) is 15.0. The summed E-state index contributed by atoms with van der Waals surface area (Å²) < 4.78 is 0. The molecule has 3 aromatic rings. The summed E-state index contributed by atoms with van der Waals surface area (Å²) in [5.41, 5.74) is 4.83. The van der Waals surface area contributed by atoms with Gasteiger partial charge in [0.15, 0.2) is 0 Å². The molecule has 2 N–H and O–H groups in total. The fraction of sp³-hybridized carbons (Fsp3) is 0.238. The normalized spacial score (nSPS) is 10.7. The summed E-state index contributed by atoms with van der Waals surface area (Å²) in [7, 11) is 0. The maximum absolute atomic E-state index is 4.59. The second-order valence-electron chi connectivity index (χ2n) is 6.42. The van der Waals surface area contributed by atoms with Crippen LogP contribution in [-0.2, 0) is 6.54 Å². The highest BCUT2D eigenvalue weighted by Gasteiger charge is 2.10. The van der Waals surface area contributed by atoms with E-state index in [9.17, 15) is 0 Å². The van der Waals surface area contributed by atoms with Gasteiger partial charge in [0.2, 0.25) is 5.95 Å². The Bertz CT molecular complexity index is 828. The van der Waals surface area contributed by atoms with Crippen molar-refractivity contribution in [3.63, 3.8) is 0 Å². The number of rotatable bonds is 6. The number of nitrogens with zero attached hydrogens (tertiary/aromatic N) is 2. The fourth-order valence-electron chi connectivity index (χ4n) is 2.76. The molecule has 0 radical (unpaired) electrons. The van der Waals surface area contributed by atoms with Crippen molar-refractivity contribution in [2.24, 2.45) is 0 Å². The molecule has 0 amide bonds. The predicted octanol–water partition coefficient (Wildman–Crippen LogP) is 5.26. The first kappa shape index (κ1) is 17.0. The highest BCUT2D eigenvalue weighted by molar-refractivity contribution is 5.65. The largest absolute Gasteiger partial charge is 0.350 e. The van der Waals surface area contributed by atoms with E-state index in [2.05, 4.69) is 71.7 Å². The zero-order valence-electron chi connectivity index (χ0n) is 15.0. The number of hydrogen-bond acceptors (Lipinski definition) is 4. The van der Waals surface area contributed by atoms with Crippen molar-refractivity contribution in [1.82, 2.24) is 9.97 Å². The maximum Gasteiger partial charge on any atom is 0.224 e. The van der Waals surface area contributed by atoms with Crippen LogP contribution >= 0.6 is 0 Å². The van der Waals surface area contributed by atoms with Crippen molar-refractivity contribution >= 4 is 17.5 Å². The molecule has 0 fully saturated rings. The minimum Gasteiger partial charge on any atom is -0.350 e. The molecular formula is C21H24N4. The summed E-state index contributed by atoms with van der Waals surface area (Å²) >= 11 is 0. The molecule has 1 aromatic heterocycles. The quantitative estimate of drug-likeness (QED) is 0.646. The van der Waals surface area contributed by atoms with Gasteiger partial charge in [0, 0.05) is 18.4 Å². The van der Waals surface area contributed by atoms with Crippen LogP contribution in [0.25, 0.3) is 0 Å². The minimum absolute atomic E-state index is 0.444. The van der Waals surface area contributed by atoms with Gasteiger partial charge >= 0.3 is 0 Å². The summed E-state index contributed by atoms with van der Waals surface area (Å²) in [6.07, 6.45) is 1.77. The van der Waals surface area contributed by atoms with Gasteiger partial charge < -0.3 is 10.6 Å². The van der Waals surface area contributed by atoms with E-state index in [1.165, 1.54) is 16.7 Å². The van der Waals surface area contributed by atoms with Gasteiger partial charge in [-0.05, 0) is 35.6 Å². The van der Waals surface area contributed by atoms with Crippen LogP contribution in [0.1, 0.15) is 36.5 Å². The van der Waals surface area contributed by atoms with Gasteiger partial charge in [-0.1, -0.05) is 62.4 Å². The Morgan fingerprint density at radius 1 is 0.960 bits per heavy atom. The summed E-state index contributed by atoms with van der Waals surface area (Å²) in [4.78, 5) is 8.91. The molecule has 128 valence electrons. The van der Waals surface area contributed by atoms with Crippen molar-refractivity contribution in [1.29, 1.82) is 0 Å². The lowest BCUT2D eigenvalue weighted by Crippen LogP contribution is -2.06. The molecule has 0 bridgehead atoms. The second kappa shape index (κ2) is 7.79. The number of hydrogen-bond donors (Lipinski definition) is 2. The molecule has 0 saturated heterocycles. The number of anilines is 3. The third-order valence-corrected chi connectivity index (χ3v) is 4.13. The van der Waals surface area contributed by atoms with Gasteiger partial charge in [-0.15, -0.1) is 0 Å². The molecule has 4 nitrogen and oxygen atoms in total. The van der Waals surface area contributed by atoms with Gasteiger partial charge in [0.1, 0.15) is 5.82 Å². The SMILES string of the molecule is Cc1cccc(C(C)C)c1Nc1ccnc(NCc2ccccc2)n1. The molecular weight excluding hydrogens is 308 g/mol. The van der Waals surface area contributed by atoms with Crippen LogP contribution in [0.2, 0.25) is 0 Å². The fourth-order valence-corrected chi connectivity index (χ4v) is 2.76. The first-order valence-corrected chi connectivity index (χ1v) is 8.61. The molecule has 1 heterocycles. The molecule has 4 heteroatoms. The molecule has 25 heavy (non-hydrogen) atoms. The zero-order chi connectivity index (χ0) is 17.6. The lowest BCUT2D eigenvalue weighted by molar-refractivity contribution is 0.867. The summed E-state index contributed by atoms with van der Waals surface area (Å²) in [6, 6.07) is 18.5. The van der Waals surface area contributed by atoms with Crippen LogP contribution in [0.5, 0.6) is 0 Å². The molecule has 0 aliphatic rings. The van der Waals surface area contributed by atoms with Crippen LogP contribution in [0, 0.1) is 6.92 Å². The monoisotopic (exact) mass is 332 g/mol. The lowest BCUT2D eigenvalue weighted by Gasteiger charge is -2.17. The third kappa shape index (κ3) is 4.35.